The number of carbonyl (C=O) groups is 2. The van der Waals surface area contributed by atoms with E-state index in [9.17, 15) is 27.6 Å². The number of hydrogen-bond acceptors (Lipinski definition) is 7. The van der Waals surface area contributed by atoms with E-state index in [1.807, 2.05) is 11.8 Å². The van der Waals surface area contributed by atoms with Crippen molar-refractivity contribution in [3.63, 3.8) is 0 Å². The molecule has 2 aliphatic heterocycles. The van der Waals surface area contributed by atoms with Crippen LogP contribution in [-0.2, 0) is 15.7 Å². The molecule has 0 bridgehead atoms. The number of nitrogens with zero attached hydrogens (tertiary/aromatic N) is 6. The summed E-state index contributed by atoms with van der Waals surface area (Å²) in [6.07, 6.45) is -4.73. The largest absolute Gasteiger partial charge is 0.444 e. The van der Waals surface area contributed by atoms with Gasteiger partial charge in [0.15, 0.2) is 0 Å². The van der Waals surface area contributed by atoms with E-state index in [-0.39, 0.29) is 27.1 Å². The van der Waals surface area contributed by atoms with Crippen molar-refractivity contribution in [3.8, 4) is 0 Å². The molecule has 0 saturated carbocycles. The average Bonchev–Trinajstić information content (AvgIpc) is 3.44. The molecule has 0 unspecified atom stereocenters. The van der Waals surface area contributed by atoms with Crippen LogP contribution in [0.1, 0.15) is 57.3 Å². The maximum Gasteiger partial charge on any atom is 0.416 e. The van der Waals surface area contributed by atoms with Gasteiger partial charge in [0.2, 0.25) is 16.4 Å². The van der Waals surface area contributed by atoms with E-state index in [2.05, 4.69) is 31.3 Å². The van der Waals surface area contributed by atoms with Crippen LogP contribution in [0.4, 0.5) is 29.3 Å². The second-order valence-corrected chi connectivity index (χ2v) is 12.4. The Hall–Kier alpha value is -3.33. The van der Waals surface area contributed by atoms with Gasteiger partial charge in [-0.25, -0.2) is 4.79 Å². The second-order valence-electron chi connectivity index (χ2n) is 11.3. The first-order chi connectivity index (χ1) is 19.5. The summed E-state index contributed by atoms with van der Waals surface area (Å²) in [7, 11) is 0. The summed E-state index contributed by atoms with van der Waals surface area (Å²) < 4.78 is 47.7. The van der Waals surface area contributed by atoms with Crippen LogP contribution in [-0.4, -0.2) is 67.8 Å². The fourth-order valence-electron chi connectivity index (χ4n) is 5.30. The van der Waals surface area contributed by atoms with Gasteiger partial charge >= 0.3 is 12.3 Å². The molecule has 1 fully saturated rings. The van der Waals surface area contributed by atoms with Crippen molar-refractivity contribution in [1.29, 1.82) is 0 Å². The molecule has 2 aromatic heterocycles. The molecule has 5 rings (SSSR count). The van der Waals surface area contributed by atoms with Gasteiger partial charge in [0.05, 0.1) is 22.0 Å². The molecular formula is C26H28BrClF3N7O4. The van der Waals surface area contributed by atoms with Crippen LogP contribution < -0.4 is 15.8 Å². The number of hydrogen-bond donors (Lipinski definition) is 1. The first-order valence-electron chi connectivity index (χ1n) is 13.2. The number of fused-ring (bicyclic) bond motifs is 3. The third-order valence-corrected chi connectivity index (χ3v) is 7.79. The van der Waals surface area contributed by atoms with Gasteiger partial charge in [-0.3, -0.25) is 14.2 Å². The highest BCUT2D eigenvalue weighted by atomic mass is 79.9. The monoisotopic (exact) mass is 673 g/mol. The number of ether oxygens (including phenoxy) is 1. The predicted octanol–water partition coefficient (Wildman–Crippen LogP) is 5.07. The zero-order valence-electron chi connectivity index (χ0n) is 23.1. The molecule has 0 spiro atoms. The Bertz CT molecular complexity index is 1630. The molecule has 3 aromatic rings. The van der Waals surface area contributed by atoms with Crippen LogP contribution in [0.2, 0.25) is 5.02 Å². The highest BCUT2D eigenvalue weighted by Crippen LogP contribution is 2.42. The van der Waals surface area contributed by atoms with E-state index in [0.29, 0.717) is 44.0 Å². The topological polar surface area (TPSA) is 114 Å². The molecule has 1 aromatic carbocycles. The Morgan fingerprint density at radius 3 is 2.40 bits per heavy atom. The van der Waals surface area contributed by atoms with Crippen LogP contribution in [0.25, 0.3) is 5.78 Å². The molecule has 42 heavy (non-hydrogen) atoms. The number of amides is 2. The Balaban J connectivity index is 1.48. The number of piperazine rings is 1. The summed E-state index contributed by atoms with van der Waals surface area (Å²) in [6, 6.07) is 1.83. The van der Waals surface area contributed by atoms with Crippen molar-refractivity contribution >= 4 is 56.7 Å². The van der Waals surface area contributed by atoms with Crippen molar-refractivity contribution in [2.45, 2.75) is 57.9 Å². The van der Waals surface area contributed by atoms with E-state index in [0.717, 1.165) is 22.7 Å². The van der Waals surface area contributed by atoms with Crippen LogP contribution in [0, 0.1) is 0 Å². The summed E-state index contributed by atoms with van der Waals surface area (Å²) >= 11 is 9.31. The lowest BCUT2D eigenvalue weighted by Crippen LogP contribution is -2.51. The number of rotatable bonds is 3. The molecule has 2 atom stereocenters. The fraction of sp³-hybridized carbons (Fsp3) is 0.500. The van der Waals surface area contributed by atoms with Crippen molar-refractivity contribution < 1.29 is 27.5 Å². The summed E-state index contributed by atoms with van der Waals surface area (Å²) in [6.45, 7) is 8.56. The molecule has 0 radical (unpaired) electrons. The lowest BCUT2D eigenvalue weighted by atomic mass is 10.0. The minimum Gasteiger partial charge on any atom is -0.444 e. The van der Waals surface area contributed by atoms with Gasteiger partial charge in [0.25, 0.3) is 5.56 Å². The van der Waals surface area contributed by atoms with E-state index in [1.165, 1.54) is 0 Å². The zero-order valence-corrected chi connectivity index (χ0v) is 25.5. The number of benzene rings is 1. The van der Waals surface area contributed by atoms with Crippen molar-refractivity contribution in [2.75, 3.05) is 36.4 Å². The van der Waals surface area contributed by atoms with Crippen molar-refractivity contribution in [1.82, 2.24) is 24.1 Å². The van der Waals surface area contributed by atoms with Gasteiger partial charge in [-0.2, -0.15) is 22.7 Å². The minimum atomic E-state index is -4.58. The second kappa shape index (κ2) is 10.7. The molecule has 226 valence electrons. The highest BCUT2D eigenvalue weighted by Gasteiger charge is 2.41. The lowest BCUT2D eigenvalue weighted by Gasteiger charge is -2.37. The first-order valence-corrected chi connectivity index (χ1v) is 14.3. The fourth-order valence-corrected chi connectivity index (χ4v) is 5.85. The van der Waals surface area contributed by atoms with E-state index in [1.54, 1.807) is 30.2 Å². The molecule has 1 saturated heterocycles. The Kier molecular flexibility index (Phi) is 7.71. The van der Waals surface area contributed by atoms with E-state index >= 15 is 0 Å². The molecule has 1 N–H and O–H groups in total. The van der Waals surface area contributed by atoms with Crippen molar-refractivity contribution in [2.24, 2.45) is 0 Å². The molecule has 2 aliphatic rings. The van der Waals surface area contributed by atoms with Crippen LogP contribution in [0.15, 0.2) is 27.7 Å². The van der Waals surface area contributed by atoms with Gasteiger partial charge < -0.3 is 19.9 Å². The van der Waals surface area contributed by atoms with Gasteiger partial charge in [-0.1, -0.05) is 18.5 Å². The number of carbonyl (C=O) groups excluding carboxylic acids is 2. The van der Waals surface area contributed by atoms with Crippen LogP contribution in [0.5, 0.6) is 0 Å². The Labute approximate surface area is 251 Å². The highest BCUT2D eigenvalue weighted by molar-refractivity contribution is 9.10. The first kappa shape index (κ1) is 30.1. The molecule has 4 heterocycles. The normalized spacial score (nSPS) is 19.3. The predicted molar refractivity (Wildman–Crippen MR) is 152 cm³/mol. The molecular weight excluding hydrogens is 647 g/mol. The Morgan fingerprint density at radius 1 is 1.14 bits per heavy atom. The zero-order chi connectivity index (χ0) is 30.7. The number of anilines is 2. The molecule has 16 heteroatoms. The summed E-state index contributed by atoms with van der Waals surface area (Å²) in [4.78, 5) is 47.7. The third-order valence-electron chi connectivity index (χ3n) is 7.14. The van der Waals surface area contributed by atoms with Gasteiger partial charge in [0, 0.05) is 32.1 Å². The smallest absolute Gasteiger partial charge is 0.416 e. The molecule has 2 amide bonds. The summed E-state index contributed by atoms with van der Waals surface area (Å²) in [5.41, 5.74) is -1.05. The quantitative estimate of drug-likeness (QED) is 0.413. The molecule has 11 nitrogen and oxygen atoms in total. The lowest BCUT2D eigenvalue weighted by molar-refractivity contribution is -0.137. The van der Waals surface area contributed by atoms with E-state index < -0.39 is 40.9 Å². The maximum atomic E-state index is 13.7. The average molecular weight is 675 g/mol. The maximum absolute atomic E-state index is 13.7. The number of nitrogens with one attached hydrogen (secondary N) is 1. The standard InChI is InChI=1S/C26H28BrClF3N7O4/c1-13-11-17(20(39)32-16-6-5-14(12-15(16)28)26(29,30)31)37-18(13)19(21(40)38-23(37)33-22(27)34-38)35-7-9-36(10-8-35)24(41)42-25(2,3)4/h5-6,12-13,17H,7-11H2,1-4H3,(H,32,39)/t13-,17+/m1/s1. The van der Waals surface area contributed by atoms with E-state index in [4.69, 9.17) is 16.3 Å². The minimum absolute atomic E-state index is 0.0222. The summed E-state index contributed by atoms with van der Waals surface area (Å²) in [5.74, 6) is -0.662. The number of halogens is 5. The van der Waals surface area contributed by atoms with Gasteiger partial charge in [0.1, 0.15) is 17.3 Å². The van der Waals surface area contributed by atoms with Crippen LogP contribution in [0.3, 0.4) is 0 Å². The molecule has 0 aliphatic carbocycles. The van der Waals surface area contributed by atoms with Gasteiger partial charge in [-0.15, -0.1) is 5.10 Å². The number of aromatic nitrogens is 4. The third kappa shape index (κ3) is 5.68. The van der Waals surface area contributed by atoms with Crippen molar-refractivity contribution in [3.05, 3.63) is 49.6 Å². The summed E-state index contributed by atoms with van der Waals surface area (Å²) in [5, 5.41) is 6.57. The SMILES string of the molecule is C[C@@H]1C[C@@H](C(=O)Nc2ccc(C(F)(F)F)cc2Cl)n2c1c(N1CCN(C(=O)OC(C)(C)C)CC1)c(=O)n1nc(Br)nc21. The van der Waals surface area contributed by atoms with Crippen LogP contribution >= 0.6 is 27.5 Å². The van der Waals surface area contributed by atoms with Gasteiger partial charge in [-0.05, 0) is 61.3 Å². The Morgan fingerprint density at radius 2 is 1.81 bits per heavy atom. The number of alkyl halides is 3.